The quantitative estimate of drug-likeness (QED) is 0.840. The first-order valence-corrected chi connectivity index (χ1v) is 9.06. The maximum absolute atomic E-state index is 13.6. The van der Waals surface area contributed by atoms with Crippen molar-refractivity contribution in [3.8, 4) is 0 Å². The van der Waals surface area contributed by atoms with Crippen LogP contribution >= 0.6 is 0 Å². The molecule has 2 aromatic rings. The molecule has 9 heteroatoms. The molecule has 0 saturated heterocycles. The Morgan fingerprint density at radius 2 is 1.96 bits per heavy atom. The van der Waals surface area contributed by atoms with E-state index in [9.17, 15) is 23.5 Å². The number of carboxylic acid groups (broad SMARTS) is 1. The second-order valence-corrected chi connectivity index (χ2v) is 7.08. The number of ether oxygens (including phenoxy) is 1. The fourth-order valence-corrected chi connectivity index (χ4v) is 3.70. The van der Waals surface area contributed by atoms with Crippen LogP contribution in [0.1, 0.15) is 41.2 Å². The summed E-state index contributed by atoms with van der Waals surface area (Å²) < 4.78 is 33.6. The average Bonchev–Trinajstić information content (AvgIpc) is 3.43. The van der Waals surface area contributed by atoms with Gasteiger partial charge in [0.15, 0.2) is 5.82 Å². The van der Waals surface area contributed by atoms with Crippen molar-refractivity contribution in [2.45, 2.75) is 44.4 Å². The summed E-state index contributed by atoms with van der Waals surface area (Å²) in [6.07, 6.45) is -0.836. The van der Waals surface area contributed by atoms with Gasteiger partial charge in [-0.3, -0.25) is 4.90 Å². The normalized spacial score (nSPS) is 21.5. The topological polar surface area (TPSA) is 84.7 Å². The predicted octanol–water partition coefficient (Wildman–Crippen LogP) is 3.71. The number of carbonyl (C=O) groups is 2. The molecular formula is C19H19F2N3O4. The van der Waals surface area contributed by atoms with Gasteiger partial charge in [0, 0.05) is 6.04 Å². The molecule has 0 unspecified atom stereocenters. The van der Waals surface area contributed by atoms with Crippen molar-refractivity contribution >= 4 is 17.9 Å². The predicted molar refractivity (Wildman–Crippen MR) is 94.5 cm³/mol. The molecule has 4 rings (SSSR count). The van der Waals surface area contributed by atoms with Gasteiger partial charge in [0.2, 0.25) is 0 Å². The van der Waals surface area contributed by atoms with E-state index in [0.717, 1.165) is 29.3 Å². The van der Waals surface area contributed by atoms with Crippen LogP contribution in [0.25, 0.3) is 0 Å². The van der Waals surface area contributed by atoms with Crippen LogP contribution in [0.3, 0.4) is 0 Å². The zero-order valence-corrected chi connectivity index (χ0v) is 14.9. The van der Waals surface area contributed by atoms with Gasteiger partial charge in [0.1, 0.15) is 18.2 Å². The molecule has 7 nitrogen and oxygen atoms in total. The number of carbonyl (C=O) groups excluding carboxylic acids is 1. The van der Waals surface area contributed by atoms with Gasteiger partial charge in [-0.05, 0) is 30.7 Å². The minimum absolute atomic E-state index is 0.00236. The number of hydrogen-bond donors (Lipinski definition) is 1. The lowest BCUT2D eigenvalue weighted by atomic mass is 9.98. The summed E-state index contributed by atoms with van der Waals surface area (Å²) in [5.74, 6) is -1.40. The van der Waals surface area contributed by atoms with Gasteiger partial charge < -0.3 is 9.84 Å². The molecule has 2 atom stereocenters. The fourth-order valence-electron chi connectivity index (χ4n) is 3.70. The number of alkyl halides is 2. The smallest absolute Gasteiger partial charge is 0.416 e. The van der Waals surface area contributed by atoms with E-state index in [1.54, 1.807) is 12.1 Å². The molecule has 1 saturated carbocycles. The molecule has 2 heterocycles. The molecule has 1 N–H and O–H groups in total. The van der Waals surface area contributed by atoms with Crippen LogP contribution in [0.15, 0.2) is 36.5 Å². The minimum Gasteiger partial charge on any atom is -0.477 e. The summed E-state index contributed by atoms with van der Waals surface area (Å²) in [5.41, 5.74) is 0.487. The van der Waals surface area contributed by atoms with Crippen molar-refractivity contribution in [1.82, 2.24) is 9.78 Å². The maximum Gasteiger partial charge on any atom is 0.416 e. The van der Waals surface area contributed by atoms with Crippen LogP contribution < -0.4 is 4.90 Å². The summed E-state index contributed by atoms with van der Waals surface area (Å²) >= 11 is 0. The molecule has 0 spiro atoms. The van der Waals surface area contributed by atoms with Crippen LogP contribution in [0.4, 0.5) is 19.4 Å². The molecule has 1 aromatic carbocycles. The van der Waals surface area contributed by atoms with E-state index in [2.05, 4.69) is 5.10 Å². The zero-order chi connectivity index (χ0) is 19.8. The third-order valence-corrected chi connectivity index (χ3v) is 5.22. The molecule has 1 fully saturated rings. The highest BCUT2D eigenvalue weighted by molar-refractivity contribution is 5.99. The number of aromatic carboxylic acids is 1. The molecule has 1 aromatic heterocycles. The number of nitrogens with zero attached hydrogens (tertiary/aromatic N) is 3. The molecule has 28 heavy (non-hydrogen) atoms. The van der Waals surface area contributed by atoms with Crippen molar-refractivity contribution < 1.29 is 28.2 Å². The second-order valence-electron chi connectivity index (χ2n) is 7.08. The van der Waals surface area contributed by atoms with Gasteiger partial charge >= 0.3 is 12.1 Å². The number of hydrogen-bond acceptors (Lipinski definition) is 4. The SMILES string of the molecule is O=C(O)c1cnn2c1N(C(=O)OCc1ccccc1)[C@@H](C1CC1)C[C@H]2C(F)F. The standard InChI is InChI=1S/C19H19F2N3O4/c20-16(21)15-8-14(12-6-7-12)23(17-13(18(25)26)9-22-24(15)17)19(27)28-10-11-4-2-1-3-5-11/h1-5,9,12,14-16H,6-8,10H2,(H,25,26)/t14-,15+/m1/s1. The van der Waals surface area contributed by atoms with Crippen LogP contribution in [-0.2, 0) is 11.3 Å². The zero-order valence-electron chi connectivity index (χ0n) is 14.9. The van der Waals surface area contributed by atoms with Crippen molar-refractivity contribution in [2.75, 3.05) is 4.90 Å². The molecule has 0 radical (unpaired) electrons. The van der Waals surface area contributed by atoms with Crippen molar-refractivity contribution in [2.24, 2.45) is 5.92 Å². The Bertz CT molecular complexity index is 883. The molecule has 148 valence electrons. The molecule has 1 aliphatic carbocycles. The van der Waals surface area contributed by atoms with Crippen LogP contribution in [0.2, 0.25) is 0 Å². The number of carboxylic acids is 1. The van der Waals surface area contributed by atoms with E-state index in [4.69, 9.17) is 4.74 Å². The maximum atomic E-state index is 13.6. The Morgan fingerprint density at radius 1 is 1.25 bits per heavy atom. The monoisotopic (exact) mass is 391 g/mol. The lowest BCUT2D eigenvalue weighted by molar-refractivity contribution is 0.0576. The van der Waals surface area contributed by atoms with Crippen molar-refractivity contribution in [3.05, 3.63) is 47.7 Å². The summed E-state index contributed by atoms with van der Waals surface area (Å²) in [4.78, 5) is 25.8. The van der Waals surface area contributed by atoms with Gasteiger partial charge in [-0.1, -0.05) is 30.3 Å². The fraction of sp³-hybridized carbons (Fsp3) is 0.421. The largest absolute Gasteiger partial charge is 0.477 e. The summed E-state index contributed by atoms with van der Waals surface area (Å²) in [6, 6.07) is 7.23. The third-order valence-electron chi connectivity index (χ3n) is 5.22. The number of halogens is 2. The van der Waals surface area contributed by atoms with E-state index >= 15 is 0 Å². The first kappa shape index (κ1) is 18.4. The number of anilines is 1. The summed E-state index contributed by atoms with van der Waals surface area (Å²) in [5, 5.41) is 13.3. The van der Waals surface area contributed by atoms with E-state index < -0.39 is 30.6 Å². The lowest BCUT2D eigenvalue weighted by Gasteiger charge is -2.39. The Balaban J connectivity index is 1.68. The summed E-state index contributed by atoms with van der Waals surface area (Å²) in [7, 11) is 0. The molecule has 1 amide bonds. The Kier molecular flexibility index (Phi) is 4.74. The van der Waals surface area contributed by atoms with Gasteiger partial charge in [-0.25, -0.2) is 23.1 Å². The van der Waals surface area contributed by atoms with Gasteiger partial charge in [0.05, 0.1) is 6.20 Å². The van der Waals surface area contributed by atoms with Crippen LogP contribution in [-0.4, -0.2) is 39.4 Å². The second kappa shape index (κ2) is 7.21. The van der Waals surface area contributed by atoms with E-state index in [0.29, 0.717) is 0 Å². The average molecular weight is 391 g/mol. The molecule has 0 bridgehead atoms. The molecule has 1 aliphatic heterocycles. The Labute approximate surface area is 159 Å². The van der Waals surface area contributed by atoms with Gasteiger partial charge in [-0.15, -0.1) is 0 Å². The molecule has 2 aliphatic rings. The van der Waals surface area contributed by atoms with E-state index in [-0.39, 0.29) is 30.3 Å². The minimum atomic E-state index is -2.72. The number of rotatable bonds is 5. The van der Waals surface area contributed by atoms with E-state index in [1.165, 1.54) is 4.90 Å². The highest BCUT2D eigenvalue weighted by Gasteiger charge is 2.48. The highest BCUT2D eigenvalue weighted by atomic mass is 19.3. The first-order chi connectivity index (χ1) is 13.5. The highest BCUT2D eigenvalue weighted by Crippen LogP contribution is 2.46. The van der Waals surface area contributed by atoms with Crippen molar-refractivity contribution in [3.63, 3.8) is 0 Å². The van der Waals surface area contributed by atoms with Gasteiger partial charge in [0.25, 0.3) is 6.43 Å². The number of fused-ring (bicyclic) bond motifs is 1. The lowest BCUT2D eigenvalue weighted by Crippen LogP contribution is -2.50. The van der Waals surface area contributed by atoms with E-state index in [1.807, 2.05) is 18.2 Å². The molecular weight excluding hydrogens is 372 g/mol. The third kappa shape index (κ3) is 3.32. The van der Waals surface area contributed by atoms with Crippen LogP contribution in [0.5, 0.6) is 0 Å². The summed E-state index contributed by atoms with van der Waals surface area (Å²) in [6.45, 7) is 0.00236. The Hall–Kier alpha value is -2.97. The first-order valence-electron chi connectivity index (χ1n) is 9.06. The number of benzene rings is 1. The number of amides is 1. The Morgan fingerprint density at radius 3 is 2.57 bits per heavy atom. The van der Waals surface area contributed by atoms with Crippen LogP contribution in [0, 0.1) is 5.92 Å². The van der Waals surface area contributed by atoms with Crippen molar-refractivity contribution in [1.29, 1.82) is 0 Å². The number of aromatic nitrogens is 2. The van der Waals surface area contributed by atoms with Gasteiger partial charge in [-0.2, -0.15) is 5.10 Å².